The largest absolute Gasteiger partial charge is 0.352 e. The fourth-order valence-corrected chi connectivity index (χ4v) is 2.96. The quantitative estimate of drug-likeness (QED) is 0.748. The summed E-state index contributed by atoms with van der Waals surface area (Å²) in [6.45, 7) is 1.85. The van der Waals surface area contributed by atoms with Crippen LogP contribution >= 0.6 is 0 Å². The molecule has 1 fully saturated rings. The van der Waals surface area contributed by atoms with Crippen molar-refractivity contribution in [2.75, 3.05) is 36.4 Å². The number of amides is 2. The van der Waals surface area contributed by atoms with Crippen molar-refractivity contribution in [3.8, 4) is 5.82 Å². The highest BCUT2D eigenvalue weighted by atomic mass is 19.1. The third-order valence-corrected chi connectivity index (χ3v) is 4.46. The van der Waals surface area contributed by atoms with Gasteiger partial charge in [-0.2, -0.15) is 5.10 Å². The van der Waals surface area contributed by atoms with Gasteiger partial charge in [0.05, 0.1) is 0 Å². The van der Waals surface area contributed by atoms with E-state index in [1.807, 2.05) is 17.0 Å². The summed E-state index contributed by atoms with van der Waals surface area (Å²) in [5.74, 6) is -0.311. The molecule has 0 radical (unpaired) electrons. The van der Waals surface area contributed by atoms with Crippen molar-refractivity contribution in [1.82, 2.24) is 24.9 Å². The molecule has 4 rings (SSSR count). The van der Waals surface area contributed by atoms with E-state index in [-0.39, 0.29) is 0 Å². The summed E-state index contributed by atoms with van der Waals surface area (Å²) in [6.07, 6.45) is 3.44. The van der Waals surface area contributed by atoms with Gasteiger partial charge in [0.25, 0.3) is 0 Å². The molecule has 1 aliphatic rings. The first kappa shape index (κ1) is 17.8. The number of nitrogens with one attached hydrogen (secondary N) is 1. The van der Waals surface area contributed by atoms with Crippen LogP contribution in [0.2, 0.25) is 0 Å². The molecule has 1 N–H and O–H groups in total. The monoisotopic (exact) mass is 385 g/mol. The van der Waals surface area contributed by atoms with Crippen LogP contribution in [0.4, 0.5) is 25.1 Å². The summed E-state index contributed by atoms with van der Waals surface area (Å²) in [5.41, 5.74) is -0.435. The van der Waals surface area contributed by atoms with Crippen LogP contribution in [0, 0.1) is 11.6 Å². The molecule has 2 aromatic heterocycles. The third kappa shape index (κ3) is 3.61. The second kappa shape index (κ2) is 7.59. The Balaban J connectivity index is 1.36. The Labute approximate surface area is 159 Å². The fraction of sp³-hybridized carbons (Fsp3) is 0.222. The van der Waals surface area contributed by atoms with Gasteiger partial charge in [-0.3, -0.25) is 0 Å². The number of anilines is 2. The number of para-hydroxylation sites is 1. The van der Waals surface area contributed by atoms with Crippen molar-refractivity contribution >= 4 is 17.5 Å². The van der Waals surface area contributed by atoms with Gasteiger partial charge >= 0.3 is 6.03 Å². The highest BCUT2D eigenvalue weighted by Gasteiger charge is 2.23. The standard InChI is InChI=1S/C18H17F2N7O/c19-13-3-1-4-14(20)17(13)22-18(28)26-11-9-25(10-12-26)15-5-6-16(24-23-15)27-8-2-7-21-27/h1-8H,9-12H2,(H,22,28). The Morgan fingerprint density at radius 1 is 0.929 bits per heavy atom. The molecule has 1 aliphatic heterocycles. The average molecular weight is 385 g/mol. The Kier molecular flexibility index (Phi) is 4.83. The van der Waals surface area contributed by atoms with Crippen LogP contribution < -0.4 is 10.2 Å². The van der Waals surface area contributed by atoms with Gasteiger partial charge in [-0.15, -0.1) is 10.2 Å². The predicted octanol–water partition coefficient (Wildman–Crippen LogP) is 2.29. The molecule has 0 saturated carbocycles. The van der Waals surface area contributed by atoms with Gasteiger partial charge in [-0.1, -0.05) is 6.07 Å². The number of hydrogen-bond acceptors (Lipinski definition) is 5. The maximum atomic E-state index is 13.7. The molecule has 1 saturated heterocycles. The summed E-state index contributed by atoms with van der Waals surface area (Å²) in [7, 11) is 0. The van der Waals surface area contributed by atoms with Crippen molar-refractivity contribution in [3.05, 3.63) is 60.4 Å². The number of urea groups is 1. The zero-order chi connectivity index (χ0) is 19.5. The Morgan fingerprint density at radius 3 is 2.21 bits per heavy atom. The molecule has 0 atom stereocenters. The van der Waals surface area contributed by atoms with E-state index in [4.69, 9.17) is 0 Å². The molecule has 8 nitrogen and oxygen atoms in total. The van der Waals surface area contributed by atoms with Crippen LogP contribution in [0.25, 0.3) is 5.82 Å². The first-order valence-corrected chi connectivity index (χ1v) is 8.70. The van der Waals surface area contributed by atoms with Gasteiger partial charge < -0.3 is 15.1 Å². The summed E-state index contributed by atoms with van der Waals surface area (Å²) in [5, 5.41) is 14.8. The zero-order valence-corrected chi connectivity index (χ0v) is 14.8. The topological polar surface area (TPSA) is 79.2 Å². The van der Waals surface area contributed by atoms with Gasteiger partial charge in [0.1, 0.15) is 17.3 Å². The summed E-state index contributed by atoms with van der Waals surface area (Å²) in [4.78, 5) is 15.8. The number of carbonyl (C=O) groups excluding carboxylic acids is 1. The normalized spacial score (nSPS) is 14.2. The summed E-state index contributed by atoms with van der Waals surface area (Å²) in [6, 6.07) is 8.36. The van der Waals surface area contributed by atoms with Gasteiger partial charge in [0.15, 0.2) is 11.6 Å². The van der Waals surface area contributed by atoms with Crippen LogP contribution in [0.5, 0.6) is 0 Å². The highest BCUT2D eigenvalue weighted by molar-refractivity contribution is 5.89. The molecule has 0 spiro atoms. The number of benzene rings is 1. The summed E-state index contributed by atoms with van der Waals surface area (Å²) < 4.78 is 29.0. The Hall–Kier alpha value is -3.56. The van der Waals surface area contributed by atoms with Gasteiger partial charge in [-0.05, 0) is 30.3 Å². The molecule has 2 amide bonds. The second-order valence-corrected chi connectivity index (χ2v) is 6.20. The number of rotatable bonds is 3. The lowest BCUT2D eigenvalue weighted by Crippen LogP contribution is -2.50. The van der Waals surface area contributed by atoms with Crippen molar-refractivity contribution in [3.63, 3.8) is 0 Å². The maximum absolute atomic E-state index is 13.7. The third-order valence-electron chi connectivity index (χ3n) is 4.46. The first-order valence-electron chi connectivity index (χ1n) is 8.70. The van der Waals surface area contributed by atoms with E-state index in [9.17, 15) is 13.6 Å². The lowest BCUT2D eigenvalue weighted by Gasteiger charge is -2.35. The van der Waals surface area contributed by atoms with E-state index in [0.717, 1.165) is 12.1 Å². The van der Waals surface area contributed by atoms with Crippen LogP contribution in [-0.2, 0) is 0 Å². The van der Waals surface area contributed by atoms with Gasteiger partial charge in [0, 0.05) is 38.6 Å². The van der Waals surface area contributed by atoms with Crippen molar-refractivity contribution in [1.29, 1.82) is 0 Å². The van der Waals surface area contributed by atoms with E-state index < -0.39 is 23.4 Å². The number of nitrogens with zero attached hydrogens (tertiary/aromatic N) is 6. The molecule has 3 heterocycles. The van der Waals surface area contributed by atoms with Crippen molar-refractivity contribution < 1.29 is 13.6 Å². The van der Waals surface area contributed by atoms with Crippen LogP contribution in [0.3, 0.4) is 0 Å². The van der Waals surface area contributed by atoms with E-state index in [0.29, 0.717) is 37.8 Å². The van der Waals surface area contributed by atoms with Crippen LogP contribution in [0.15, 0.2) is 48.8 Å². The lowest BCUT2D eigenvalue weighted by molar-refractivity contribution is 0.207. The SMILES string of the molecule is O=C(Nc1c(F)cccc1F)N1CCN(c2ccc(-n3cccn3)nn2)CC1. The van der Waals surface area contributed by atoms with Crippen LogP contribution in [0.1, 0.15) is 0 Å². The maximum Gasteiger partial charge on any atom is 0.322 e. The molecular weight excluding hydrogens is 368 g/mol. The Morgan fingerprint density at radius 2 is 1.61 bits per heavy atom. The Bertz CT molecular complexity index is 934. The number of carbonyl (C=O) groups is 1. The smallest absolute Gasteiger partial charge is 0.322 e. The molecular formula is C18H17F2N7O. The number of piperazine rings is 1. The number of halogens is 2. The van der Waals surface area contributed by atoms with Gasteiger partial charge in [0.2, 0.25) is 0 Å². The molecule has 144 valence electrons. The van der Waals surface area contributed by atoms with E-state index >= 15 is 0 Å². The van der Waals surface area contributed by atoms with E-state index in [1.54, 1.807) is 23.1 Å². The zero-order valence-electron chi connectivity index (χ0n) is 14.8. The predicted molar refractivity (Wildman–Crippen MR) is 98.3 cm³/mol. The van der Waals surface area contributed by atoms with Gasteiger partial charge in [-0.25, -0.2) is 18.3 Å². The lowest BCUT2D eigenvalue weighted by atomic mass is 10.3. The molecule has 0 unspecified atom stereocenters. The molecule has 1 aromatic carbocycles. The number of aromatic nitrogens is 4. The van der Waals surface area contributed by atoms with Crippen molar-refractivity contribution in [2.24, 2.45) is 0 Å². The minimum absolute atomic E-state index is 0.393. The highest BCUT2D eigenvalue weighted by Crippen LogP contribution is 2.19. The number of hydrogen-bond donors (Lipinski definition) is 1. The molecule has 3 aromatic rings. The van der Waals surface area contributed by atoms with E-state index in [1.165, 1.54) is 11.0 Å². The first-order chi connectivity index (χ1) is 13.6. The average Bonchev–Trinajstić information content (AvgIpc) is 3.26. The van der Waals surface area contributed by atoms with Crippen molar-refractivity contribution in [2.45, 2.75) is 0 Å². The molecule has 28 heavy (non-hydrogen) atoms. The minimum Gasteiger partial charge on any atom is -0.352 e. The molecule has 0 bridgehead atoms. The van der Waals surface area contributed by atoms with Crippen LogP contribution in [-0.4, -0.2) is 57.1 Å². The van der Waals surface area contributed by atoms with E-state index in [2.05, 4.69) is 20.6 Å². The second-order valence-electron chi connectivity index (χ2n) is 6.20. The fourth-order valence-electron chi connectivity index (χ4n) is 2.96. The summed E-state index contributed by atoms with van der Waals surface area (Å²) >= 11 is 0. The molecule has 0 aliphatic carbocycles. The minimum atomic E-state index is -0.806. The molecule has 10 heteroatoms.